The van der Waals surface area contributed by atoms with Crippen LogP contribution in [0.1, 0.15) is 5.89 Å². The number of hydrogen-bond acceptors (Lipinski definition) is 4. The SMILES string of the molecule is Clc1cccc(OCc2nnc(-c3ccccc3)o2)c1. The minimum absolute atomic E-state index is 0.209. The lowest BCUT2D eigenvalue weighted by Crippen LogP contribution is -1.95. The average molecular weight is 287 g/mol. The molecule has 1 heterocycles. The maximum absolute atomic E-state index is 5.88. The zero-order valence-corrected chi connectivity index (χ0v) is 11.2. The van der Waals surface area contributed by atoms with E-state index in [-0.39, 0.29) is 6.61 Å². The Labute approximate surface area is 121 Å². The molecule has 0 N–H and O–H groups in total. The van der Waals surface area contributed by atoms with Crippen molar-refractivity contribution >= 4 is 11.6 Å². The van der Waals surface area contributed by atoms with Crippen LogP contribution in [0.15, 0.2) is 59.0 Å². The van der Waals surface area contributed by atoms with Gasteiger partial charge in [0.05, 0.1) is 0 Å². The van der Waals surface area contributed by atoms with Gasteiger partial charge in [0.2, 0.25) is 5.89 Å². The van der Waals surface area contributed by atoms with E-state index in [0.717, 1.165) is 5.56 Å². The summed E-state index contributed by atoms with van der Waals surface area (Å²) in [7, 11) is 0. The Bertz CT molecular complexity index is 698. The van der Waals surface area contributed by atoms with Crippen LogP contribution in [-0.4, -0.2) is 10.2 Å². The number of hydrogen-bond donors (Lipinski definition) is 0. The molecule has 4 nitrogen and oxygen atoms in total. The van der Waals surface area contributed by atoms with Crippen LogP contribution in [0.4, 0.5) is 0 Å². The molecular formula is C15H11ClN2O2. The van der Waals surface area contributed by atoms with Gasteiger partial charge in [-0.1, -0.05) is 35.9 Å². The molecule has 0 atom stereocenters. The molecule has 0 amide bonds. The van der Waals surface area contributed by atoms with Gasteiger partial charge in [-0.3, -0.25) is 0 Å². The van der Waals surface area contributed by atoms with Gasteiger partial charge < -0.3 is 9.15 Å². The molecule has 0 unspecified atom stereocenters. The first-order chi connectivity index (χ1) is 9.81. The van der Waals surface area contributed by atoms with Gasteiger partial charge in [0.25, 0.3) is 5.89 Å². The average Bonchev–Trinajstić information content (AvgIpc) is 2.95. The highest BCUT2D eigenvalue weighted by atomic mass is 35.5. The van der Waals surface area contributed by atoms with E-state index in [9.17, 15) is 0 Å². The molecule has 0 aliphatic rings. The highest BCUT2D eigenvalue weighted by Crippen LogP contribution is 2.20. The molecule has 1 aromatic heterocycles. The number of benzene rings is 2. The predicted molar refractivity (Wildman–Crippen MR) is 75.5 cm³/mol. The van der Waals surface area contributed by atoms with Gasteiger partial charge in [-0.2, -0.15) is 0 Å². The number of ether oxygens (including phenoxy) is 1. The Hall–Kier alpha value is -2.33. The van der Waals surface area contributed by atoms with E-state index in [1.54, 1.807) is 12.1 Å². The summed E-state index contributed by atoms with van der Waals surface area (Å²) in [6, 6.07) is 16.8. The van der Waals surface area contributed by atoms with Gasteiger partial charge in [-0.15, -0.1) is 10.2 Å². The normalized spacial score (nSPS) is 10.4. The predicted octanol–water partition coefficient (Wildman–Crippen LogP) is 3.97. The quantitative estimate of drug-likeness (QED) is 0.728. The lowest BCUT2D eigenvalue weighted by Gasteiger charge is -2.02. The molecule has 0 spiro atoms. The smallest absolute Gasteiger partial charge is 0.254 e. The maximum atomic E-state index is 5.88. The molecule has 0 aliphatic carbocycles. The summed E-state index contributed by atoms with van der Waals surface area (Å²) in [5.74, 6) is 1.57. The van der Waals surface area contributed by atoms with Crippen LogP contribution >= 0.6 is 11.6 Å². The molecule has 20 heavy (non-hydrogen) atoms. The van der Waals surface area contributed by atoms with Crippen molar-refractivity contribution in [1.29, 1.82) is 0 Å². The van der Waals surface area contributed by atoms with Crippen molar-refractivity contribution in [3.8, 4) is 17.2 Å². The number of aromatic nitrogens is 2. The third-order valence-corrected chi connectivity index (χ3v) is 2.88. The summed E-state index contributed by atoms with van der Waals surface area (Å²) in [5, 5.41) is 8.57. The molecule has 3 aromatic rings. The summed E-state index contributed by atoms with van der Waals surface area (Å²) in [4.78, 5) is 0. The van der Waals surface area contributed by atoms with Gasteiger partial charge in [0.15, 0.2) is 6.61 Å². The van der Waals surface area contributed by atoms with E-state index in [1.165, 1.54) is 0 Å². The van der Waals surface area contributed by atoms with Crippen molar-refractivity contribution < 1.29 is 9.15 Å². The lowest BCUT2D eigenvalue weighted by atomic mass is 10.2. The molecule has 0 aliphatic heterocycles. The van der Waals surface area contributed by atoms with E-state index in [4.69, 9.17) is 20.8 Å². The number of halogens is 1. The minimum Gasteiger partial charge on any atom is -0.484 e. The zero-order chi connectivity index (χ0) is 13.8. The Morgan fingerprint density at radius 1 is 1.00 bits per heavy atom. The van der Waals surface area contributed by atoms with Crippen LogP contribution in [0, 0.1) is 0 Å². The molecular weight excluding hydrogens is 276 g/mol. The highest BCUT2D eigenvalue weighted by molar-refractivity contribution is 6.30. The van der Waals surface area contributed by atoms with E-state index in [2.05, 4.69) is 10.2 Å². The number of nitrogens with zero attached hydrogens (tertiary/aromatic N) is 2. The summed E-state index contributed by atoms with van der Waals surface area (Å²) in [6.07, 6.45) is 0. The van der Waals surface area contributed by atoms with Crippen LogP contribution in [0.5, 0.6) is 5.75 Å². The van der Waals surface area contributed by atoms with Crippen LogP contribution < -0.4 is 4.74 Å². The molecule has 0 radical (unpaired) electrons. The van der Waals surface area contributed by atoms with Gasteiger partial charge in [0.1, 0.15) is 5.75 Å². The molecule has 5 heteroatoms. The van der Waals surface area contributed by atoms with Crippen molar-refractivity contribution in [3.05, 3.63) is 65.5 Å². The summed E-state index contributed by atoms with van der Waals surface area (Å²) in [6.45, 7) is 0.209. The third-order valence-electron chi connectivity index (χ3n) is 2.65. The first-order valence-electron chi connectivity index (χ1n) is 6.07. The van der Waals surface area contributed by atoms with Crippen LogP contribution in [0.25, 0.3) is 11.5 Å². The highest BCUT2D eigenvalue weighted by Gasteiger charge is 2.08. The first kappa shape index (κ1) is 12.7. The third kappa shape index (κ3) is 2.97. The van der Waals surface area contributed by atoms with Crippen molar-refractivity contribution in [1.82, 2.24) is 10.2 Å². The Balaban J connectivity index is 1.69. The van der Waals surface area contributed by atoms with Gasteiger partial charge in [-0.25, -0.2) is 0 Å². The van der Waals surface area contributed by atoms with Crippen molar-refractivity contribution in [2.45, 2.75) is 6.61 Å². The topological polar surface area (TPSA) is 48.2 Å². The zero-order valence-electron chi connectivity index (χ0n) is 10.5. The van der Waals surface area contributed by atoms with Crippen LogP contribution in [0.3, 0.4) is 0 Å². The molecule has 0 saturated carbocycles. The second-order valence-corrected chi connectivity index (χ2v) is 4.55. The summed E-state index contributed by atoms with van der Waals surface area (Å²) in [5.41, 5.74) is 0.883. The fourth-order valence-electron chi connectivity index (χ4n) is 1.71. The first-order valence-corrected chi connectivity index (χ1v) is 6.45. The second kappa shape index (κ2) is 5.75. The largest absolute Gasteiger partial charge is 0.484 e. The Morgan fingerprint density at radius 3 is 2.65 bits per heavy atom. The Morgan fingerprint density at radius 2 is 1.85 bits per heavy atom. The van der Waals surface area contributed by atoms with Gasteiger partial charge >= 0.3 is 0 Å². The van der Waals surface area contributed by atoms with Crippen LogP contribution in [-0.2, 0) is 6.61 Å². The molecule has 3 rings (SSSR count). The monoisotopic (exact) mass is 286 g/mol. The van der Waals surface area contributed by atoms with E-state index in [0.29, 0.717) is 22.6 Å². The molecule has 0 bridgehead atoms. The van der Waals surface area contributed by atoms with Crippen molar-refractivity contribution in [3.63, 3.8) is 0 Å². The second-order valence-electron chi connectivity index (χ2n) is 4.11. The molecule has 2 aromatic carbocycles. The fraction of sp³-hybridized carbons (Fsp3) is 0.0667. The summed E-state index contributed by atoms with van der Waals surface area (Å²) < 4.78 is 11.1. The summed E-state index contributed by atoms with van der Waals surface area (Å²) >= 11 is 5.88. The molecule has 0 saturated heterocycles. The van der Waals surface area contributed by atoms with E-state index >= 15 is 0 Å². The standard InChI is InChI=1S/C15H11ClN2O2/c16-12-7-4-8-13(9-12)19-10-14-17-18-15(20-14)11-5-2-1-3-6-11/h1-9H,10H2. The minimum atomic E-state index is 0.209. The molecule has 0 fully saturated rings. The maximum Gasteiger partial charge on any atom is 0.254 e. The lowest BCUT2D eigenvalue weighted by molar-refractivity contribution is 0.264. The van der Waals surface area contributed by atoms with Gasteiger partial charge in [-0.05, 0) is 30.3 Å². The van der Waals surface area contributed by atoms with E-state index in [1.807, 2.05) is 42.5 Å². The Kier molecular flexibility index (Phi) is 3.65. The molecule has 100 valence electrons. The van der Waals surface area contributed by atoms with Crippen molar-refractivity contribution in [2.24, 2.45) is 0 Å². The number of rotatable bonds is 4. The van der Waals surface area contributed by atoms with Crippen molar-refractivity contribution in [2.75, 3.05) is 0 Å². The van der Waals surface area contributed by atoms with E-state index < -0.39 is 0 Å². The van der Waals surface area contributed by atoms with Gasteiger partial charge in [0, 0.05) is 10.6 Å². The fourth-order valence-corrected chi connectivity index (χ4v) is 1.89. The van der Waals surface area contributed by atoms with Crippen LogP contribution in [0.2, 0.25) is 5.02 Å².